The van der Waals surface area contributed by atoms with E-state index in [1.165, 1.54) is 0 Å². The van der Waals surface area contributed by atoms with Gasteiger partial charge in [-0.25, -0.2) is 0 Å². The average molecular weight is 327 g/mol. The van der Waals surface area contributed by atoms with Gasteiger partial charge in [0.15, 0.2) is 0 Å². The molecule has 1 heterocycles. The summed E-state index contributed by atoms with van der Waals surface area (Å²) in [6.07, 6.45) is 2.98. The van der Waals surface area contributed by atoms with Crippen LogP contribution in [0.4, 0.5) is 0 Å². The van der Waals surface area contributed by atoms with Gasteiger partial charge < -0.3 is 10.2 Å². The van der Waals surface area contributed by atoms with Crippen molar-refractivity contribution >= 4 is 29.1 Å². The van der Waals surface area contributed by atoms with Crippen molar-refractivity contribution in [3.8, 4) is 0 Å². The fraction of sp³-hybridized carbons (Fsp3) is 0.562. The highest BCUT2D eigenvalue weighted by atomic mass is 35.5. The third-order valence-electron chi connectivity index (χ3n) is 4.67. The molecule has 0 radical (unpaired) electrons. The zero-order valence-corrected chi connectivity index (χ0v) is 13.6. The van der Waals surface area contributed by atoms with Crippen LogP contribution in [0.5, 0.6) is 0 Å². The second kappa shape index (κ2) is 6.15. The standard InChI is InChI=1S/C16H20Cl2N2O/c1-20(11-4-6-19-7-5-11)16(21)14-9-13(14)12-3-2-10(17)8-15(12)18/h2-3,8,11,13-14,19H,4-7,9H2,1H3/t13-,14-/m0/s1. The number of nitrogens with zero attached hydrogens (tertiary/aromatic N) is 1. The van der Waals surface area contributed by atoms with Crippen LogP contribution in [0.1, 0.15) is 30.7 Å². The first-order valence-corrected chi connectivity index (χ1v) is 8.26. The van der Waals surface area contributed by atoms with Gasteiger partial charge in [0, 0.05) is 29.1 Å². The Morgan fingerprint density at radius 2 is 2.00 bits per heavy atom. The number of halogens is 2. The van der Waals surface area contributed by atoms with Gasteiger partial charge in [-0.1, -0.05) is 29.3 Å². The number of hydrogen-bond acceptors (Lipinski definition) is 2. The third kappa shape index (κ3) is 3.20. The van der Waals surface area contributed by atoms with Crippen molar-refractivity contribution in [1.29, 1.82) is 0 Å². The molecule has 2 fully saturated rings. The summed E-state index contributed by atoms with van der Waals surface area (Å²) in [5.74, 6) is 0.605. The van der Waals surface area contributed by atoms with Gasteiger partial charge in [0.1, 0.15) is 0 Å². The lowest BCUT2D eigenvalue weighted by Crippen LogP contribution is -2.44. The van der Waals surface area contributed by atoms with E-state index >= 15 is 0 Å². The van der Waals surface area contributed by atoms with E-state index in [9.17, 15) is 4.79 Å². The summed E-state index contributed by atoms with van der Waals surface area (Å²) >= 11 is 12.2. The summed E-state index contributed by atoms with van der Waals surface area (Å²) < 4.78 is 0. The Morgan fingerprint density at radius 1 is 1.29 bits per heavy atom. The van der Waals surface area contributed by atoms with E-state index in [0.29, 0.717) is 16.1 Å². The number of benzene rings is 1. The van der Waals surface area contributed by atoms with Gasteiger partial charge in [0.25, 0.3) is 0 Å². The fourth-order valence-electron chi connectivity index (χ4n) is 3.25. The van der Waals surface area contributed by atoms with E-state index in [1.54, 1.807) is 6.07 Å². The second-order valence-electron chi connectivity index (χ2n) is 6.04. The normalized spacial score (nSPS) is 25.7. The Labute approximate surface area is 135 Å². The molecule has 2 aliphatic rings. The zero-order valence-electron chi connectivity index (χ0n) is 12.1. The molecule has 1 aliphatic carbocycles. The number of nitrogens with one attached hydrogen (secondary N) is 1. The van der Waals surface area contributed by atoms with Crippen LogP contribution in [-0.2, 0) is 4.79 Å². The third-order valence-corrected chi connectivity index (χ3v) is 5.24. The molecule has 1 aromatic rings. The molecule has 1 N–H and O–H groups in total. The molecule has 5 heteroatoms. The molecule has 2 atom stereocenters. The van der Waals surface area contributed by atoms with Crippen LogP contribution in [-0.4, -0.2) is 37.0 Å². The summed E-state index contributed by atoms with van der Waals surface area (Å²) in [6.45, 7) is 2.00. The number of piperidine rings is 1. The van der Waals surface area contributed by atoms with Gasteiger partial charge in [-0.15, -0.1) is 0 Å². The smallest absolute Gasteiger partial charge is 0.226 e. The minimum Gasteiger partial charge on any atom is -0.342 e. The molecule has 0 aromatic heterocycles. The maximum atomic E-state index is 12.6. The second-order valence-corrected chi connectivity index (χ2v) is 6.89. The lowest BCUT2D eigenvalue weighted by molar-refractivity contribution is -0.133. The van der Waals surface area contributed by atoms with Crippen molar-refractivity contribution in [3.05, 3.63) is 33.8 Å². The molecule has 1 saturated heterocycles. The highest BCUT2D eigenvalue weighted by molar-refractivity contribution is 6.35. The molecule has 1 aliphatic heterocycles. The molecular weight excluding hydrogens is 307 g/mol. The summed E-state index contributed by atoms with van der Waals surface area (Å²) in [6, 6.07) is 5.93. The lowest BCUT2D eigenvalue weighted by atomic mass is 10.0. The van der Waals surface area contributed by atoms with Crippen molar-refractivity contribution in [2.75, 3.05) is 20.1 Å². The Kier molecular flexibility index (Phi) is 4.43. The summed E-state index contributed by atoms with van der Waals surface area (Å²) in [4.78, 5) is 14.6. The lowest BCUT2D eigenvalue weighted by Gasteiger charge is -2.32. The molecule has 1 aromatic carbocycles. The van der Waals surface area contributed by atoms with E-state index in [0.717, 1.165) is 37.9 Å². The molecule has 3 rings (SSSR count). The number of carbonyl (C=O) groups excluding carboxylic acids is 1. The van der Waals surface area contributed by atoms with Crippen LogP contribution >= 0.6 is 23.2 Å². The maximum absolute atomic E-state index is 12.6. The van der Waals surface area contributed by atoms with E-state index in [-0.39, 0.29) is 17.7 Å². The minimum absolute atomic E-state index is 0.0866. The highest BCUT2D eigenvalue weighted by Gasteiger charge is 2.46. The van der Waals surface area contributed by atoms with Crippen LogP contribution in [0.25, 0.3) is 0 Å². The topological polar surface area (TPSA) is 32.3 Å². The van der Waals surface area contributed by atoms with E-state index < -0.39 is 0 Å². The molecule has 21 heavy (non-hydrogen) atoms. The van der Waals surface area contributed by atoms with Crippen molar-refractivity contribution in [2.24, 2.45) is 5.92 Å². The van der Waals surface area contributed by atoms with Gasteiger partial charge in [-0.3, -0.25) is 4.79 Å². The van der Waals surface area contributed by atoms with Crippen LogP contribution in [0.2, 0.25) is 10.0 Å². The van der Waals surface area contributed by atoms with Crippen LogP contribution in [0.3, 0.4) is 0 Å². The Hall–Kier alpha value is -0.770. The van der Waals surface area contributed by atoms with Crippen LogP contribution in [0, 0.1) is 5.92 Å². The zero-order chi connectivity index (χ0) is 15.0. The first kappa shape index (κ1) is 15.1. The quantitative estimate of drug-likeness (QED) is 0.924. The number of carbonyl (C=O) groups is 1. The summed E-state index contributed by atoms with van der Waals surface area (Å²) in [5.41, 5.74) is 1.05. The van der Waals surface area contributed by atoms with E-state index in [2.05, 4.69) is 5.32 Å². The molecule has 0 spiro atoms. The van der Waals surface area contributed by atoms with Gasteiger partial charge in [0.05, 0.1) is 0 Å². The average Bonchev–Trinajstić information content (AvgIpc) is 3.27. The predicted octanol–water partition coefficient (Wildman–Crippen LogP) is 3.31. The summed E-state index contributed by atoms with van der Waals surface area (Å²) in [5, 5.41) is 4.64. The summed E-state index contributed by atoms with van der Waals surface area (Å²) in [7, 11) is 1.94. The van der Waals surface area contributed by atoms with Crippen LogP contribution < -0.4 is 5.32 Å². The molecule has 0 unspecified atom stereocenters. The molecule has 3 nitrogen and oxygen atoms in total. The van der Waals surface area contributed by atoms with Gasteiger partial charge in [-0.05, 0) is 56.0 Å². The number of hydrogen-bond donors (Lipinski definition) is 1. The van der Waals surface area contributed by atoms with Gasteiger partial charge in [-0.2, -0.15) is 0 Å². The molecular formula is C16H20Cl2N2O. The highest BCUT2D eigenvalue weighted by Crippen LogP contribution is 2.51. The monoisotopic (exact) mass is 326 g/mol. The molecule has 114 valence electrons. The Balaban J connectivity index is 1.65. The van der Waals surface area contributed by atoms with Crippen molar-refractivity contribution in [2.45, 2.75) is 31.2 Å². The predicted molar refractivity (Wildman–Crippen MR) is 86.0 cm³/mol. The van der Waals surface area contributed by atoms with Crippen LogP contribution in [0.15, 0.2) is 18.2 Å². The largest absolute Gasteiger partial charge is 0.342 e. The van der Waals surface area contributed by atoms with E-state index in [4.69, 9.17) is 23.2 Å². The van der Waals surface area contributed by atoms with Crippen molar-refractivity contribution < 1.29 is 4.79 Å². The van der Waals surface area contributed by atoms with Crippen molar-refractivity contribution in [1.82, 2.24) is 10.2 Å². The van der Waals surface area contributed by atoms with Crippen molar-refractivity contribution in [3.63, 3.8) is 0 Å². The van der Waals surface area contributed by atoms with Gasteiger partial charge in [0.2, 0.25) is 5.91 Å². The molecule has 1 amide bonds. The maximum Gasteiger partial charge on any atom is 0.226 e. The fourth-order valence-corrected chi connectivity index (χ4v) is 3.80. The number of amides is 1. The SMILES string of the molecule is CN(C(=O)[C@H]1C[C@H]1c1ccc(Cl)cc1Cl)C1CCNCC1. The number of rotatable bonds is 3. The Bertz CT molecular complexity index is 543. The Morgan fingerprint density at radius 3 is 2.67 bits per heavy atom. The minimum atomic E-state index is 0.0866. The van der Waals surface area contributed by atoms with Gasteiger partial charge >= 0.3 is 0 Å². The molecule has 0 bridgehead atoms. The first-order valence-electron chi connectivity index (χ1n) is 7.50. The van der Waals surface area contributed by atoms with E-state index in [1.807, 2.05) is 24.1 Å². The first-order chi connectivity index (χ1) is 10.1. The molecule has 1 saturated carbocycles.